The fourth-order valence-electron chi connectivity index (χ4n) is 8.66. The molecule has 0 unspecified atom stereocenters. The summed E-state index contributed by atoms with van der Waals surface area (Å²) in [6.07, 6.45) is 9.65. The molecule has 7 rings (SSSR count). The number of allylic oxidation sites excluding steroid dienone is 1. The molecular weight excluding hydrogens is 716 g/mol. The highest BCUT2D eigenvalue weighted by atomic mass is 35.5. The minimum atomic E-state index is -3.97. The number of benzene rings is 2. The average Bonchev–Trinajstić information content (AvgIpc) is 3.29. The van der Waals surface area contributed by atoms with Gasteiger partial charge in [-0.2, -0.15) is 0 Å². The van der Waals surface area contributed by atoms with E-state index in [1.54, 1.807) is 39.2 Å². The minimum absolute atomic E-state index is 0.0434. The Labute approximate surface area is 318 Å². The van der Waals surface area contributed by atoms with E-state index in [0.29, 0.717) is 36.9 Å². The summed E-state index contributed by atoms with van der Waals surface area (Å²) in [4.78, 5) is 40.9. The maximum absolute atomic E-state index is 13.4. The van der Waals surface area contributed by atoms with E-state index in [4.69, 9.17) is 21.1 Å². The molecular formula is C40H53ClN4O7S. The molecule has 0 radical (unpaired) electrons. The summed E-state index contributed by atoms with van der Waals surface area (Å²) in [5.74, 6) is -0.0115. The van der Waals surface area contributed by atoms with Crippen LogP contribution in [0.3, 0.4) is 0 Å². The predicted octanol–water partition coefficient (Wildman–Crippen LogP) is 4.91. The number of sulfonamides is 1. The van der Waals surface area contributed by atoms with E-state index in [1.165, 1.54) is 11.1 Å². The SMILES string of the molecule is CC(=O)N1CCNCC1.CO[C@@]1(C=O)/C=C/C[C@H](C)[C@@H](C)S(=O)(=O)NC(=O)c2ccc3c(c2)N(C[C@@H]2CC[C@H]21)C[C@@]1(CCCc2cc(Cl)ccc21)CO3. The summed E-state index contributed by atoms with van der Waals surface area (Å²) >= 11 is 6.40. The average molecular weight is 769 g/mol. The molecule has 1 saturated heterocycles. The highest BCUT2D eigenvalue weighted by Crippen LogP contribution is 2.48. The van der Waals surface area contributed by atoms with Crippen molar-refractivity contribution in [3.63, 3.8) is 0 Å². The van der Waals surface area contributed by atoms with Gasteiger partial charge in [0.2, 0.25) is 15.9 Å². The van der Waals surface area contributed by atoms with Crippen LogP contribution in [0.25, 0.3) is 0 Å². The second kappa shape index (κ2) is 16.1. The number of hydrogen-bond donors (Lipinski definition) is 2. The summed E-state index contributed by atoms with van der Waals surface area (Å²) in [6.45, 7) is 10.4. The molecule has 5 aliphatic rings. The Hall–Kier alpha value is -3.45. The number of nitrogens with one attached hydrogen (secondary N) is 2. The van der Waals surface area contributed by atoms with Gasteiger partial charge in [0.05, 0.1) is 17.5 Å². The Balaban J connectivity index is 0.000000468. The van der Waals surface area contributed by atoms with Gasteiger partial charge in [-0.15, -0.1) is 0 Å². The van der Waals surface area contributed by atoms with Crippen molar-refractivity contribution in [2.45, 2.75) is 75.6 Å². The fourth-order valence-corrected chi connectivity index (χ4v) is 10.1. The summed E-state index contributed by atoms with van der Waals surface area (Å²) in [5.41, 5.74) is 2.05. The number of anilines is 1. The number of halogens is 1. The lowest BCUT2D eigenvalue weighted by molar-refractivity contribution is -0.136. The van der Waals surface area contributed by atoms with Crippen LogP contribution in [-0.2, 0) is 36.2 Å². The van der Waals surface area contributed by atoms with Crippen molar-refractivity contribution in [2.75, 3.05) is 57.9 Å². The predicted molar refractivity (Wildman–Crippen MR) is 206 cm³/mol. The lowest BCUT2D eigenvalue weighted by Gasteiger charge is -2.48. The highest BCUT2D eigenvalue weighted by Gasteiger charge is 2.49. The van der Waals surface area contributed by atoms with Crippen LogP contribution in [0.15, 0.2) is 48.6 Å². The van der Waals surface area contributed by atoms with Crippen molar-refractivity contribution in [1.82, 2.24) is 14.9 Å². The van der Waals surface area contributed by atoms with E-state index in [9.17, 15) is 22.8 Å². The molecule has 2 fully saturated rings. The maximum Gasteiger partial charge on any atom is 0.264 e. The van der Waals surface area contributed by atoms with E-state index in [1.807, 2.05) is 30.0 Å². The third kappa shape index (κ3) is 8.16. The fraction of sp³-hybridized carbons (Fsp3) is 0.575. The molecule has 6 atom stereocenters. The lowest BCUT2D eigenvalue weighted by atomic mass is 9.64. The first-order valence-electron chi connectivity index (χ1n) is 18.8. The Morgan fingerprint density at radius 3 is 2.55 bits per heavy atom. The third-order valence-electron chi connectivity index (χ3n) is 12.3. The topological polar surface area (TPSA) is 134 Å². The van der Waals surface area contributed by atoms with E-state index in [-0.39, 0.29) is 34.6 Å². The number of carbonyl (C=O) groups excluding carboxylic acids is 3. The number of methoxy groups -OCH3 is 1. The Bertz CT molecular complexity index is 1830. The Kier molecular flexibility index (Phi) is 11.9. The van der Waals surface area contributed by atoms with Crippen molar-refractivity contribution in [3.8, 4) is 5.75 Å². The molecule has 1 saturated carbocycles. The van der Waals surface area contributed by atoms with Gasteiger partial charge in [0.1, 0.15) is 11.4 Å². The van der Waals surface area contributed by atoms with Crippen LogP contribution in [0, 0.1) is 17.8 Å². The number of amides is 2. The number of hydrogen-bond acceptors (Lipinski definition) is 9. The summed E-state index contributed by atoms with van der Waals surface area (Å²) < 4.78 is 41.3. The molecule has 1 spiro atoms. The number of nitrogens with zero attached hydrogens (tertiary/aromatic N) is 2. The van der Waals surface area contributed by atoms with E-state index >= 15 is 0 Å². The van der Waals surface area contributed by atoms with Crippen molar-refractivity contribution in [3.05, 3.63) is 70.3 Å². The molecule has 288 valence electrons. The van der Waals surface area contributed by atoms with E-state index in [0.717, 1.165) is 70.3 Å². The van der Waals surface area contributed by atoms with Gasteiger partial charge in [-0.1, -0.05) is 30.7 Å². The quantitative estimate of drug-likeness (QED) is 0.323. The Morgan fingerprint density at radius 1 is 1.11 bits per heavy atom. The molecule has 13 heteroatoms. The smallest absolute Gasteiger partial charge is 0.264 e. The van der Waals surface area contributed by atoms with E-state index < -0.39 is 26.8 Å². The number of carbonyl (C=O) groups is 3. The molecule has 2 N–H and O–H groups in total. The Morgan fingerprint density at radius 2 is 1.89 bits per heavy atom. The van der Waals surface area contributed by atoms with Crippen LogP contribution in [-0.4, -0.2) is 95.3 Å². The third-order valence-corrected chi connectivity index (χ3v) is 14.4. The van der Waals surface area contributed by atoms with Gasteiger partial charge in [-0.25, -0.2) is 13.1 Å². The van der Waals surface area contributed by atoms with Crippen molar-refractivity contribution >= 4 is 45.4 Å². The lowest BCUT2D eigenvalue weighted by Crippen LogP contribution is -2.53. The van der Waals surface area contributed by atoms with Crippen LogP contribution in [0.1, 0.15) is 74.4 Å². The number of rotatable bonds is 2. The monoisotopic (exact) mass is 768 g/mol. The van der Waals surface area contributed by atoms with Crippen molar-refractivity contribution in [1.29, 1.82) is 0 Å². The van der Waals surface area contributed by atoms with Crippen LogP contribution in [0.5, 0.6) is 5.75 Å². The van der Waals surface area contributed by atoms with Gasteiger partial charge in [0.15, 0.2) is 6.29 Å². The van der Waals surface area contributed by atoms with Crippen molar-refractivity contribution < 1.29 is 32.3 Å². The van der Waals surface area contributed by atoms with Gasteiger partial charge >= 0.3 is 0 Å². The molecule has 3 heterocycles. The molecule has 2 amide bonds. The van der Waals surface area contributed by atoms with Gasteiger partial charge in [-0.3, -0.25) is 14.4 Å². The normalized spacial score (nSPS) is 31.5. The minimum Gasteiger partial charge on any atom is -0.490 e. The number of piperazine rings is 1. The van der Waals surface area contributed by atoms with Crippen LogP contribution in [0.4, 0.5) is 5.69 Å². The van der Waals surface area contributed by atoms with Crippen LogP contribution < -0.4 is 19.7 Å². The van der Waals surface area contributed by atoms with Gasteiger partial charge in [-0.05, 0) is 105 Å². The number of aldehydes is 1. The number of aryl methyl sites for hydroxylation is 1. The van der Waals surface area contributed by atoms with Crippen molar-refractivity contribution in [2.24, 2.45) is 17.8 Å². The summed E-state index contributed by atoms with van der Waals surface area (Å²) in [6, 6.07) is 11.3. The van der Waals surface area contributed by atoms with Crippen LogP contribution >= 0.6 is 11.6 Å². The number of fused-ring (bicyclic) bond motifs is 4. The summed E-state index contributed by atoms with van der Waals surface area (Å²) in [7, 11) is -2.41. The zero-order valence-electron chi connectivity index (χ0n) is 31.2. The maximum atomic E-state index is 13.4. The zero-order valence-corrected chi connectivity index (χ0v) is 32.8. The number of ether oxygens (including phenoxy) is 2. The molecule has 0 aromatic heterocycles. The second-order valence-corrected chi connectivity index (χ2v) is 17.9. The van der Waals surface area contributed by atoms with Gasteiger partial charge in [0, 0.05) is 75.2 Å². The summed E-state index contributed by atoms with van der Waals surface area (Å²) in [5, 5.41) is 3.05. The largest absolute Gasteiger partial charge is 0.490 e. The van der Waals surface area contributed by atoms with Gasteiger partial charge in [0.25, 0.3) is 5.91 Å². The first-order chi connectivity index (χ1) is 25.3. The molecule has 53 heavy (non-hydrogen) atoms. The van der Waals surface area contributed by atoms with Crippen LogP contribution in [0.2, 0.25) is 5.02 Å². The zero-order chi connectivity index (χ0) is 38.0. The van der Waals surface area contributed by atoms with E-state index in [2.05, 4.69) is 27.1 Å². The molecule has 2 bridgehead atoms. The first-order valence-corrected chi connectivity index (χ1v) is 20.8. The van der Waals surface area contributed by atoms with Gasteiger partial charge < -0.3 is 24.6 Å². The molecule has 2 aromatic carbocycles. The second-order valence-electron chi connectivity index (χ2n) is 15.5. The molecule has 2 aromatic rings. The first kappa shape index (κ1) is 39.2. The molecule has 3 aliphatic heterocycles. The molecule has 11 nitrogen and oxygen atoms in total. The highest BCUT2D eigenvalue weighted by molar-refractivity contribution is 7.90. The standard InChI is InChI=1S/C34H41ClN2O6S.C6H12N2O/c1-22-6-4-15-34(20-38,42-3)29-11-8-26(29)18-37-19-33(14-5-7-24-16-27(35)10-12-28(24)33)21-43-31-13-9-25(17-30(31)37)32(39)36-44(40,41)23(22)2;1-6(9)8-4-2-7-3-5-8/h4,9-10,12-13,15-17,20,22-23,26,29H,5-8,11,14,18-19,21H2,1-3H3,(H,36,39);7H,2-5H2,1H3/b15-4+;/t22-,23+,26-,29+,33-,34+;/m0./s1. The molecule has 2 aliphatic carbocycles.